The number of carbonyl (C=O) groups is 3. The Kier molecular flexibility index (Phi) is 4.32. The highest BCUT2D eigenvalue weighted by Gasteiger charge is 2.56. The summed E-state index contributed by atoms with van der Waals surface area (Å²) in [5.41, 5.74) is 2.18. The lowest BCUT2D eigenvalue weighted by atomic mass is 9.55. The summed E-state index contributed by atoms with van der Waals surface area (Å²) < 4.78 is 10.8. The second kappa shape index (κ2) is 6.32. The molecule has 27 heavy (non-hydrogen) atoms. The van der Waals surface area contributed by atoms with Crippen LogP contribution in [0.1, 0.15) is 65.7 Å². The zero-order valence-electron chi connectivity index (χ0n) is 16.4. The van der Waals surface area contributed by atoms with E-state index in [1.54, 1.807) is 0 Å². The topological polar surface area (TPSA) is 69.7 Å². The molecule has 0 heterocycles. The van der Waals surface area contributed by atoms with Crippen LogP contribution in [0.15, 0.2) is 23.3 Å². The maximum Gasteiger partial charge on any atom is 0.344 e. The van der Waals surface area contributed by atoms with Crippen molar-refractivity contribution in [3.63, 3.8) is 0 Å². The molecule has 0 aliphatic heterocycles. The molecule has 0 spiro atoms. The number of ketones is 1. The number of esters is 2. The molecule has 0 unspecified atom stereocenters. The third kappa shape index (κ3) is 2.77. The molecular formula is C22H28O5. The molecule has 2 saturated carbocycles. The summed E-state index contributed by atoms with van der Waals surface area (Å²) in [6, 6.07) is 0. The monoisotopic (exact) mass is 372 g/mol. The summed E-state index contributed by atoms with van der Waals surface area (Å²) >= 11 is 0. The van der Waals surface area contributed by atoms with Crippen LogP contribution in [0, 0.1) is 23.2 Å². The predicted molar refractivity (Wildman–Crippen MR) is 98.3 cm³/mol. The van der Waals surface area contributed by atoms with Crippen LogP contribution in [0.5, 0.6) is 0 Å². The van der Waals surface area contributed by atoms with E-state index < -0.39 is 23.5 Å². The number of ether oxygens (including phenoxy) is 2. The van der Waals surface area contributed by atoms with E-state index in [1.807, 2.05) is 6.08 Å². The molecule has 0 aromatic carbocycles. The van der Waals surface area contributed by atoms with E-state index in [2.05, 4.69) is 6.92 Å². The summed E-state index contributed by atoms with van der Waals surface area (Å²) in [4.78, 5) is 36.3. The van der Waals surface area contributed by atoms with Gasteiger partial charge in [0.05, 0.1) is 0 Å². The van der Waals surface area contributed by atoms with Crippen molar-refractivity contribution in [3.8, 4) is 0 Å². The highest BCUT2D eigenvalue weighted by Crippen LogP contribution is 2.61. The highest BCUT2D eigenvalue weighted by molar-refractivity contribution is 6.03. The molecule has 0 amide bonds. The van der Waals surface area contributed by atoms with E-state index in [0.717, 1.165) is 18.4 Å². The lowest BCUT2D eigenvalue weighted by Crippen LogP contribution is -2.52. The smallest absolute Gasteiger partial charge is 0.344 e. The van der Waals surface area contributed by atoms with Crippen molar-refractivity contribution in [1.29, 1.82) is 0 Å². The lowest BCUT2D eigenvalue weighted by Gasteiger charge is -2.51. The van der Waals surface area contributed by atoms with Crippen molar-refractivity contribution in [3.05, 3.63) is 23.3 Å². The fourth-order valence-electron chi connectivity index (χ4n) is 6.40. The van der Waals surface area contributed by atoms with Gasteiger partial charge >= 0.3 is 17.7 Å². The second-order valence-corrected chi connectivity index (χ2v) is 8.94. The van der Waals surface area contributed by atoms with Gasteiger partial charge in [0.25, 0.3) is 0 Å². The van der Waals surface area contributed by atoms with Gasteiger partial charge in [-0.1, -0.05) is 19.4 Å². The van der Waals surface area contributed by atoms with Crippen LogP contribution in [0.25, 0.3) is 0 Å². The molecule has 146 valence electrons. The van der Waals surface area contributed by atoms with Crippen LogP contribution >= 0.6 is 0 Å². The minimum Gasteiger partial charge on any atom is -0.411 e. The second-order valence-electron chi connectivity index (χ2n) is 8.94. The molecule has 0 aromatic heterocycles. The number of hydrogen-bond donors (Lipinski definition) is 0. The highest BCUT2D eigenvalue weighted by atomic mass is 16.7. The van der Waals surface area contributed by atoms with E-state index in [9.17, 15) is 14.4 Å². The van der Waals surface area contributed by atoms with Crippen LogP contribution < -0.4 is 0 Å². The first-order chi connectivity index (χ1) is 12.8. The number of fused-ring (bicyclic) bond motifs is 4. The van der Waals surface area contributed by atoms with Crippen LogP contribution in [0.2, 0.25) is 0 Å². The fourth-order valence-corrected chi connectivity index (χ4v) is 6.40. The summed E-state index contributed by atoms with van der Waals surface area (Å²) in [5, 5.41) is 0. The number of carbonyl (C=O) groups excluding carboxylic acids is 3. The van der Waals surface area contributed by atoms with Crippen molar-refractivity contribution in [2.24, 2.45) is 23.2 Å². The van der Waals surface area contributed by atoms with E-state index in [1.165, 1.54) is 45.6 Å². The zero-order valence-corrected chi connectivity index (χ0v) is 16.4. The van der Waals surface area contributed by atoms with Gasteiger partial charge in [-0.3, -0.25) is 14.4 Å². The van der Waals surface area contributed by atoms with Gasteiger partial charge in [0.15, 0.2) is 0 Å². The van der Waals surface area contributed by atoms with Gasteiger partial charge in [0.1, 0.15) is 0 Å². The van der Waals surface area contributed by atoms with Crippen molar-refractivity contribution in [1.82, 2.24) is 0 Å². The number of rotatable bonds is 2. The third-order valence-corrected chi connectivity index (χ3v) is 7.40. The van der Waals surface area contributed by atoms with Crippen molar-refractivity contribution in [2.45, 2.75) is 71.5 Å². The standard InChI is InChI=1S/C22H28O5/c1-13(23)26-22(27-14(2)24)19-8-6-16-15(17(19)7-9-20(22)25)10-12-21(3)11-4-5-18(16)21/h7,9,15-16,18H,4-6,8,10-12H2,1-3H3/t15-,16+,18-,21-/m0/s1. The fraction of sp³-hybridized carbons (Fsp3) is 0.682. The molecule has 5 nitrogen and oxygen atoms in total. The lowest BCUT2D eigenvalue weighted by molar-refractivity contribution is -0.212. The molecule has 4 aliphatic carbocycles. The van der Waals surface area contributed by atoms with Crippen LogP contribution in [-0.2, 0) is 23.9 Å². The maximum atomic E-state index is 12.8. The zero-order chi connectivity index (χ0) is 19.4. The summed E-state index contributed by atoms with van der Waals surface area (Å²) in [7, 11) is 0. The van der Waals surface area contributed by atoms with Gasteiger partial charge in [0.2, 0.25) is 5.78 Å². The Labute approximate surface area is 160 Å². The molecule has 0 bridgehead atoms. The predicted octanol–water partition coefficient (Wildman–Crippen LogP) is 3.87. The Morgan fingerprint density at radius 1 is 1.04 bits per heavy atom. The van der Waals surface area contributed by atoms with E-state index in [0.29, 0.717) is 35.2 Å². The largest absolute Gasteiger partial charge is 0.411 e. The summed E-state index contributed by atoms with van der Waals surface area (Å²) in [6.45, 7) is 4.92. The third-order valence-electron chi connectivity index (χ3n) is 7.40. The molecule has 4 aliphatic rings. The minimum absolute atomic E-state index is 0.347. The first-order valence-electron chi connectivity index (χ1n) is 10.1. The normalized spacial score (nSPS) is 36.6. The number of hydrogen-bond acceptors (Lipinski definition) is 5. The van der Waals surface area contributed by atoms with Gasteiger partial charge in [-0.2, -0.15) is 0 Å². The van der Waals surface area contributed by atoms with Gasteiger partial charge in [-0.05, 0) is 73.3 Å². The average Bonchev–Trinajstić information content (AvgIpc) is 2.98. The van der Waals surface area contributed by atoms with Crippen LogP contribution in [-0.4, -0.2) is 23.5 Å². The Morgan fingerprint density at radius 3 is 2.41 bits per heavy atom. The van der Waals surface area contributed by atoms with E-state index in [-0.39, 0.29) is 0 Å². The molecule has 0 N–H and O–H groups in total. The Morgan fingerprint density at radius 2 is 1.74 bits per heavy atom. The van der Waals surface area contributed by atoms with Gasteiger partial charge in [0, 0.05) is 19.4 Å². The average molecular weight is 372 g/mol. The first-order valence-corrected chi connectivity index (χ1v) is 10.1. The Bertz CT molecular complexity index is 745. The summed E-state index contributed by atoms with van der Waals surface area (Å²) in [6.07, 6.45) is 11.0. The van der Waals surface area contributed by atoms with E-state index in [4.69, 9.17) is 9.47 Å². The molecule has 0 radical (unpaired) electrons. The molecule has 4 atom stereocenters. The molecule has 2 fully saturated rings. The minimum atomic E-state index is -1.90. The van der Waals surface area contributed by atoms with Gasteiger partial charge < -0.3 is 9.47 Å². The molecule has 4 rings (SSSR count). The SMILES string of the molecule is CC(=O)OC1(OC(C)=O)C(=O)C=CC2=C1CC[C@@H]1[C@@H]2CC[C@]2(C)CCC[C@@H]12. The van der Waals surface area contributed by atoms with Gasteiger partial charge in [-0.15, -0.1) is 0 Å². The van der Waals surface area contributed by atoms with Crippen LogP contribution in [0.3, 0.4) is 0 Å². The molecule has 5 heteroatoms. The number of allylic oxidation sites excluding steroid dienone is 2. The van der Waals surface area contributed by atoms with Gasteiger partial charge in [-0.25, -0.2) is 0 Å². The molecule has 0 aromatic rings. The van der Waals surface area contributed by atoms with Crippen molar-refractivity contribution in [2.75, 3.05) is 0 Å². The van der Waals surface area contributed by atoms with E-state index >= 15 is 0 Å². The van der Waals surface area contributed by atoms with Crippen molar-refractivity contribution < 1.29 is 23.9 Å². The molecular weight excluding hydrogens is 344 g/mol. The summed E-state index contributed by atoms with van der Waals surface area (Å²) in [5.74, 6) is -1.97. The quantitative estimate of drug-likeness (QED) is 0.544. The first kappa shape index (κ1) is 18.5. The van der Waals surface area contributed by atoms with Crippen LogP contribution in [0.4, 0.5) is 0 Å². The maximum absolute atomic E-state index is 12.8. The Hall–Kier alpha value is -1.91. The molecule has 0 saturated heterocycles. The van der Waals surface area contributed by atoms with Crippen molar-refractivity contribution >= 4 is 17.7 Å². The Balaban J connectivity index is 1.76.